The van der Waals surface area contributed by atoms with Crippen LogP contribution >= 0.6 is 12.4 Å². The maximum atomic E-state index is 11.0. The van der Waals surface area contributed by atoms with Gasteiger partial charge in [0.05, 0.1) is 7.11 Å². The summed E-state index contributed by atoms with van der Waals surface area (Å²) >= 11 is 0. The molecule has 2 atom stereocenters. The highest BCUT2D eigenvalue weighted by molar-refractivity contribution is 5.85. The van der Waals surface area contributed by atoms with Gasteiger partial charge in [-0.1, -0.05) is 6.92 Å². The van der Waals surface area contributed by atoms with E-state index in [1.807, 2.05) is 0 Å². The van der Waals surface area contributed by atoms with Crippen molar-refractivity contribution in [1.29, 1.82) is 0 Å². The zero-order valence-corrected chi connectivity index (χ0v) is 8.32. The van der Waals surface area contributed by atoms with Crippen LogP contribution in [-0.2, 0) is 9.53 Å². The Balaban J connectivity index is 0.00000121. The molecule has 1 rings (SSSR count). The Morgan fingerprint density at radius 3 is 2.67 bits per heavy atom. The van der Waals surface area contributed by atoms with Crippen molar-refractivity contribution in [2.24, 2.45) is 0 Å². The lowest BCUT2D eigenvalue weighted by Crippen LogP contribution is -2.35. The molecule has 72 valence electrons. The van der Waals surface area contributed by atoms with E-state index in [1.165, 1.54) is 7.11 Å². The Morgan fingerprint density at radius 2 is 2.25 bits per heavy atom. The molecular formula is C8H16ClNO2. The van der Waals surface area contributed by atoms with Crippen LogP contribution in [0.1, 0.15) is 26.2 Å². The van der Waals surface area contributed by atoms with Crippen LogP contribution in [0.5, 0.6) is 0 Å². The molecule has 1 heterocycles. The summed E-state index contributed by atoms with van der Waals surface area (Å²) in [6, 6.07) is 0.462. The number of carbonyl (C=O) groups excluding carboxylic acids is 1. The Kier molecular flexibility index (Phi) is 5.25. The van der Waals surface area contributed by atoms with Crippen molar-refractivity contribution in [3.8, 4) is 0 Å². The highest BCUT2D eigenvalue weighted by Crippen LogP contribution is 2.15. The number of methoxy groups -OCH3 is 1. The number of carbonyl (C=O) groups is 1. The third-order valence-electron chi connectivity index (χ3n) is 2.22. The number of rotatable bonds is 2. The minimum Gasteiger partial charge on any atom is -0.468 e. The maximum Gasteiger partial charge on any atom is 0.322 e. The van der Waals surface area contributed by atoms with Crippen molar-refractivity contribution in [3.63, 3.8) is 0 Å². The molecule has 1 aliphatic heterocycles. The van der Waals surface area contributed by atoms with Crippen molar-refractivity contribution in [3.05, 3.63) is 0 Å². The first kappa shape index (κ1) is 11.7. The van der Waals surface area contributed by atoms with Gasteiger partial charge < -0.3 is 10.1 Å². The average Bonchev–Trinajstić information content (AvgIpc) is 2.50. The minimum absolute atomic E-state index is 0. The molecular weight excluding hydrogens is 178 g/mol. The van der Waals surface area contributed by atoms with Crippen molar-refractivity contribution in [1.82, 2.24) is 5.32 Å². The van der Waals surface area contributed by atoms with Gasteiger partial charge in [-0.15, -0.1) is 12.4 Å². The molecule has 1 saturated heterocycles. The number of hydrogen-bond acceptors (Lipinski definition) is 3. The van der Waals surface area contributed by atoms with E-state index >= 15 is 0 Å². The second-order valence-electron chi connectivity index (χ2n) is 2.92. The van der Waals surface area contributed by atoms with E-state index in [4.69, 9.17) is 0 Å². The maximum absolute atomic E-state index is 11.0. The molecule has 0 aliphatic carbocycles. The van der Waals surface area contributed by atoms with Gasteiger partial charge in [0.1, 0.15) is 6.04 Å². The topological polar surface area (TPSA) is 38.3 Å². The first-order chi connectivity index (χ1) is 5.27. The van der Waals surface area contributed by atoms with E-state index in [2.05, 4.69) is 17.0 Å². The standard InChI is InChI=1S/C8H15NO2.ClH/c1-3-6-4-5-7(9-6)8(10)11-2;/h6-7,9H,3-5H2,1-2H3;1H/t6-,7-;/m0./s1. The van der Waals surface area contributed by atoms with Gasteiger partial charge >= 0.3 is 5.97 Å². The highest BCUT2D eigenvalue weighted by Gasteiger charge is 2.28. The first-order valence-electron chi connectivity index (χ1n) is 4.11. The van der Waals surface area contributed by atoms with Crippen molar-refractivity contribution >= 4 is 18.4 Å². The average molecular weight is 194 g/mol. The third kappa shape index (κ3) is 2.64. The lowest BCUT2D eigenvalue weighted by atomic mass is 10.1. The molecule has 0 aromatic rings. The zero-order valence-electron chi connectivity index (χ0n) is 7.50. The molecule has 1 fully saturated rings. The summed E-state index contributed by atoms with van der Waals surface area (Å²) in [6.45, 7) is 2.12. The summed E-state index contributed by atoms with van der Waals surface area (Å²) in [4.78, 5) is 11.0. The summed E-state index contributed by atoms with van der Waals surface area (Å²) in [5.74, 6) is -0.124. The molecule has 12 heavy (non-hydrogen) atoms. The predicted molar refractivity (Wildman–Crippen MR) is 49.5 cm³/mol. The third-order valence-corrected chi connectivity index (χ3v) is 2.22. The smallest absolute Gasteiger partial charge is 0.322 e. The van der Waals surface area contributed by atoms with Crippen LogP contribution in [0, 0.1) is 0 Å². The fraction of sp³-hybridized carbons (Fsp3) is 0.875. The molecule has 3 nitrogen and oxygen atoms in total. The van der Waals surface area contributed by atoms with Crippen LogP contribution in [0.4, 0.5) is 0 Å². The Hall–Kier alpha value is -0.280. The zero-order chi connectivity index (χ0) is 8.27. The normalized spacial score (nSPS) is 27.8. The SMILES string of the molecule is CC[C@H]1CC[C@@H](C(=O)OC)N1.Cl. The van der Waals surface area contributed by atoms with Crippen LogP contribution in [0.2, 0.25) is 0 Å². The molecule has 0 radical (unpaired) electrons. The number of halogens is 1. The van der Waals surface area contributed by atoms with Gasteiger partial charge in [-0.25, -0.2) is 0 Å². The Morgan fingerprint density at radius 1 is 1.58 bits per heavy atom. The van der Waals surface area contributed by atoms with Gasteiger partial charge in [0.2, 0.25) is 0 Å². The van der Waals surface area contributed by atoms with Gasteiger partial charge in [-0.2, -0.15) is 0 Å². The Labute approximate surface area is 79.3 Å². The summed E-state index contributed by atoms with van der Waals surface area (Å²) in [5, 5.41) is 3.22. The van der Waals surface area contributed by atoms with Crippen molar-refractivity contribution in [2.45, 2.75) is 38.3 Å². The van der Waals surface area contributed by atoms with Crippen LogP contribution < -0.4 is 5.32 Å². The van der Waals surface area contributed by atoms with Crippen LogP contribution in [-0.4, -0.2) is 25.2 Å². The lowest BCUT2D eigenvalue weighted by Gasteiger charge is -2.09. The van der Waals surface area contributed by atoms with E-state index in [0.717, 1.165) is 19.3 Å². The molecule has 4 heteroatoms. The molecule has 0 spiro atoms. The molecule has 0 unspecified atom stereocenters. The van der Waals surface area contributed by atoms with E-state index in [0.29, 0.717) is 6.04 Å². The molecule has 0 bridgehead atoms. The fourth-order valence-electron chi connectivity index (χ4n) is 1.47. The quantitative estimate of drug-likeness (QED) is 0.668. The molecule has 0 amide bonds. The van der Waals surface area contributed by atoms with Crippen LogP contribution in [0.15, 0.2) is 0 Å². The van der Waals surface area contributed by atoms with E-state index in [9.17, 15) is 4.79 Å². The summed E-state index contributed by atoms with van der Waals surface area (Å²) in [6.07, 6.45) is 3.11. The van der Waals surface area contributed by atoms with Crippen molar-refractivity contribution < 1.29 is 9.53 Å². The number of nitrogens with one attached hydrogen (secondary N) is 1. The van der Waals surface area contributed by atoms with Gasteiger partial charge in [-0.3, -0.25) is 4.79 Å². The molecule has 1 aliphatic rings. The molecule has 0 saturated carbocycles. The van der Waals surface area contributed by atoms with Crippen LogP contribution in [0.3, 0.4) is 0 Å². The number of esters is 1. The van der Waals surface area contributed by atoms with E-state index in [1.54, 1.807) is 0 Å². The fourth-order valence-corrected chi connectivity index (χ4v) is 1.47. The largest absolute Gasteiger partial charge is 0.468 e. The predicted octanol–water partition coefficient (Wildman–Crippen LogP) is 1.11. The van der Waals surface area contributed by atoms with E-state index < -0.39 is 0 Å². The Bertz CT molecular complexity index is 152. The monoisotopic (exact) mass is 193 g/mol. The van der Waals surface area contributed by atoms with Crippen LogP contribution in [0.25, 0.3) is 0 Å². The van der Waals surface area contributed by atoms with Crippen molar-refractivity contribution in [2.75, 3.05) is 7.11 Å². The summed E-state index contributed by atoms with van der Waals surface area (Å²) in [5.41, 5.74) is 0. The number of ether oxygens (including phenoxy) is 1. The first-order valence-corrected chi connectivity index (χ1v) is 4.11. The lowest BCUT2D eigenvalue weighted by molar-refractivity contribution is -0.142. The molecule has 0 aromatic heterocycles. The minimum atomic E-state index is -0.124. The summed E-state index contributed by atoms with van der Waals surface area (Å²) < 4.78 is 4.63. The van der Waals surface area contributed by atoms with Gasteiger partial charge in [0, 0.05) is 6.04 Å². The van der Waals surface area contributed by atoms with Gasteiger partial charge in [-0.05, 0) is 19.3 Å². The molecule has 1 N–H and O–H groups in total. The second-order valence-corrected chi connectivity index (χ2v) is 2.92. The number of hydrogen-bond donors (Lipinski definition) is 1. The second kappa shape index (κ2) is 5.38. The van der Waals surface area contributed by atoms with E-state index in [-0.39, 0.29) is 24.4 Å². The highest BCUT2D eigenvalue weighted by atomic mass is 35.5. The van der Waals surface area contributed by atoms with Gasteiger partial charge in [0.25, 0.3) is 0 Å². The van der Waals surface area contributed by atoms with Gasteiger partial charge in [0.15, 0.2) is 0 Å². The molecule has 0 aromatic carbocycles. The summed E-state index contributed by atoms with van der Waals surface area (Å²) in [7, 11) is 1.43.